The number of aliphatic imine (C=N–C) groups is 1. The Morgan fingerprint density at radius 3 is 2.33 bits per heavy atom. The fourth-order valence-corrected chi connectivity index (χ4v) is 1.19. The van der Waals surface area contributed by atoms with Crippen LogP contribution in [-0.4, -0.2) is 64.3 Å². The molecule has 2 N–H and O–H groups in total. The standard InChI is InChI=1S/C12H28N4O.HI/c1-12(2,17-6)10-15-11(13-3)14-8-7-9-16(4)5;/h7-10H2,1-6H3,(H2,13,14,15);1H. The SMILES string of the molecule is CN=C(NCCCN(C)C)NCC(C)(C)OC.I. The Kier molecular flexibility index (Phi) is 12.2. The van der Waals surface area contributed by atoms with Gasteiger partial charge in [-0.25, -0.2) is 0 Å². The second-order valence-corrected chi connectivity index (χ2v) is 4.97. The summed E-state index contributed by atoms with van der Waals surface area (Å²) in [5.74, 6) is 0.828. The first-order valence-electron chi connectivity index (χ1n) is 6.05. The van der Waals surface area contributed by atoms with Crippen LogP contribution in [0.15, 0.2) is 4.99 Å². The second-order valence-electron chi connectivity index (χ2n) is 4.97. The van der Waals surface area contributed by atoms with E-state index in [2.05, 4.69) is 34.6 Å². The van der Waals surface area contributed by atoms with Gasteiger partial charge in [0.15, 0.2) is 5.96 Å². The van der Waals surface area contributed by atoms with Crippen molar-refractivity contribution < 1.29 is 4.74 Å². The van der Waals surface area contributed by atoms with Crippen molar-refractivity contribution in [2.24, 2.45) is 4.99 Å². The van der Waals surface area contributed by atoms with Gasteiger partial charge < -0.3 is 20.3 Å². The minimum atomic E-state index is -0.179. The van der Waals surface area contributed by atoms with Crippen molar-refractivity contribution in [2.75, 3.05) is 47.9 Å². The van der Waals surface area contributed by atoms with E-state index < -0.39 is 0 Å². The van der Waals surface area contributed by atoms with Crippen molar-refractivity contribution >= 4 is 29.9 Å². The first kappa shape index (κ1) is 20.2. The number of nitrogens with zero attached hydrogens (tertiary/aromatic N) is 2. The third-order valence-electron chi connectivity index (χ3n) is 2.53. The summed E-state index contributed by atoms with van der Waals surface area (Å²) in [7, 11) is 7.65. The lowest BCUT2D eigenvalue weighted by atomic mass is 10.1. The van der Waals surface area contributed by atoms with E-state index in [-0.39, 0.29) is 29.6 Å². The summed E-state index contributed by atoms with van der Waals surface area (Å²) in [5, 5.41) is 6.53. The molecule has 0 aromatic carbocycles. The minimum absolute atomic E-state index is 0. The summed E-state index contributed by atoms with van der Waals surface area (Å²) in [6, 6.07) is 0. The number of nitrogens with one attached hydrogen (secondary N) is 2. The molecule has 0 unspecified atom stereocenters. The van der Waals surface area contributed by atoms with Gasteiger partial charge in [0.25, 0.3) is 0 Å². The van der Waals surface area contributed by atoms with Gasteiger partial charge in [0.05, 0.1) is 5.60 Å². The number of guanidine groups is 1. The van der Waals surface area contributed by atoms with E-state index >= 15 is 0 Å². The van der Waals surface area contributed by atoms with Crippen LogP contribution < -0.4 is 10.6 Å². The summed E-state index contributed by atoms with van der Waals surface area (Å²) in [6.45, 7) is 6.81. The van der Waals surface area contributed by atoms with E-state index in [1.807, 2.05) is 13.8 Å². The molecule has 0 spiro atoms. The normalized spacial score (nSPS) is 12.3. The van der Waals surface area contributed by atoms with Crippen LogP contribution in [0.4, 0.5) is 0 Å². The monoisotopic (exact) mass is 372 g/mol. The van der Waals surface area contributed by atoms with E-state index in [1.165, 1.54) is 0 Å². The van der Waals surface area contributed by atoms with E-state index in [4.69, 9.17) is 4.74 Å². The number of methoxy groups -OCH3 is 1. The highest BCUT2D eigenvalue weighted by Gasteiger charge is 2.16. The van der Waals surface area contributed by atoms with Crippen LogP contribution in [0.2, 0.25) is 0 Å². The fraction of sp³-hybridized carbons (Fsp3) is 0.917. The number of hydrogen-bond donors (Lipinski definition) is 2. The van der Waals surface area contributed by atoms with Crippen molar-refractivity contribution in [1.29, 1.82) is 0 Å². The van der Waals surface area contributed by atoms with Crippen LogP contribution in [0.5, 0.6) is 0 Å². The number of hydrogen-bond acceptors (Lipinski definition) is 3. The van der Waals surface area contributed by atoms with E-state index in [0.717, 1.165) is 32.0 Å². The predicted molar refractivity (Wildman–Crippen MR) is 89.0 cm³/mol. The molecule has 0 atom stereocenters. The summed E-state index contributed by atoms with van der Waals surface area (Å²) < 4.78 is 5.34. The van der Waals surface area contributed by atoms with Crippen molar-refractivity contribution in [1.82, 2.24) is 15.5 Å². The topological polar surface area (TPSA) is 48.9 Å². The van der Waals surface area contributed by atoms with E-state index in [1.54, 1.807) is 14.2 Å². The molecular formula is C12H29IN4O. The highest BCUT2D eigenvalue weighted by atomic mass is 127. The van der Waals surface area contributed by atoms with Crippen LogP contribution >= 0.6 is 24.0 Å². The first-order valence-corrected chi connectivity index (χ1v) is 6.05. The van der Waals surface area contributed by atoms with Crippen molar-refractivity contribution in [2.45, 2.75) is 25.9 Å². The fourth-order valence-electron chi connectivity index (χ4n) is 1.19. The average Bonchev–Trinajstić information content (AvgIpc) is 2.28. The molecule has 0 aliphatic carbocycles. The summed E-state index contributed by atoms with van der Waals surface area (Å²) in [4.78, 5) is 6.34. The van der Waals surface area contributed by atoms with Crippen molar-refractivity contribution in [3.8, 4) is 0 Å². The molecular weight excluding hydrogens is 343 g/mol. The molecule has 0 aliphatic heterocycles. The quantitative estimate of drug-likeness (QED) is 0.305. The molecule has 0 radical (unpaired) electrons. The average molecular weight is 372 g/mol. The predicted octanol–water partition coefficient (Wildman–Crippen LogP) is 1.15. The largest absolute Gasteiger partial charge is 0.377 e. The summed E-state index contributed by atoms with van der Waals surface area (Å²) >= 11 is 0. The zero-order chi connectivity index (χ0) is 13.3. The Balaban J connectivity index is 0. The minimum Gasteiger partial charge on any atom is -0.377 e. The van der Waals surface area contributed by atoms with Gasteiger partial charge in [-0.05, 0) is 40.9 Å². The lowest BCUT2D eigenvalue weighted by Gasteiger charge is -2.24. The molecule has 0 aromatic rings. The molecule has 0 fully saturated rings. The van der Waals surface area contributed by atoms with Gasteiger partial charge in [0.1, 0.15) is 0 Å². The summed E-state index contributed by atoms with van der Waals surface area (Å²) in [5.41, 5.74) is -0.179. The maximum absolute atomic E-state index is 5.34. The van der Waals surface area contributed by atoms with E-state index in [9.17, 15) is 0 Å². The number of rotatable bonds is 7. The van der Waals surface area contributed by atoms with Crippen LogP contribution in [0.3, 0.4) is 0 Å². The van der Waals surface area contributed by atoms with Crippen LogP contribution in [0.25, 0.3) is 0 Å². The highest BCUT2D eigenvalue weighted by Crippen LogP contribution is 2.04. The van der Waals surface area contributed by atoms with Crippen molar-refractivity contribution in [3.63, 3.8) is 0 Å². The molecule has 0 aliphatic rings. The Labute approximate surface area is 129 Å². The van der Waals surface area contributed by atoms with Gasteiger partial charge >= 0.3 is 0 Å². The maximum atomic E-state index is 5.34. The Morgan fingerprint density at radius 2 is 1.89 bits per heavy atom. The molecule has 5 nitrogen and oxygen atoms in total. The van der Waals surface area contributed by atoms with Gasteiger partial charge in [-0.1, -0.05) is 0 Å². The molecule has 6 heteroatoms. The lowest BCUT2D eigenvalue weighted by Crippen LogP contribution is -2.45. The molecule has 0 bridgehead atoms. The zero-order valence-electron chi connectivity index (χ0n) is 12.5. The van der Waals surface area contributed by atoms with Gasteiger partial charge in [0, 0.05) is 27.2 Å². The van der Waals surface area contributed by atoms with Gasteiger partial charge in [-0.15, -0.1) is 24.0 Å². The molecule has 0 amide bonds. The Morgan fingerprint density at radius 1 is 1.28 bits per heavy atom. The second kappa shape index (κ2) is 10.8. The lowest BCUT2D eigenvalue weighted by molar-refractivity contribution is 0.0268. The number of halogens is 1. The van der Waals surface area contributed by atoms with Gasteiger partial charge in [0.2, 0.25) is 0 Å². The molecule has 18 heavy (non-hydrogen) atoms. The molecule has 0 saturated heterocycles. The van der Waals surface area contributed by atoms with Gasteiger partial charge in [-0.2, -0.15) is 0 Å². The Hall–Kier alpha value is -0.0800. The molecule has 0 aromatic heterocycles. The molecule has 110 valence electrons. The van der Waals surface area contributed by atoms with Crippen LogP contribution in [0, 0.1) is 0 Å². The molecule has 0 saturated carbocycles. The van der Waals surface area contributed by atoms with Crippen LogP contribution in [0.1, 0.15) is 20.3 Å². The smallest absolute Gasteiger partial charge is 0.191 e. The molecule has 0 heterocycles. The Bertz CT molecular complexity index is 232. The van der Waals surface area contributed by atoms with Gasteiger partial charge in [-0.3, -0.25) is 4.99 Å². The first-order chi connectivity index (χ1) is 7.91. The summed E-state index contributed by atoms with van der Waals surface area (Å²) in [6.07, 6.45) is 1.10. The zero-order valence-corrected chi connectivity index (χ0v) is 14.9. The van der Waals surface area contributed by atoms with Crippen LogP contribution in [-0.2, 0) is 4.74 Å². The number of ether oxygens (including phenoxy) is 1. The van der Waals surface area contributed by atoms with E-state index in [0.29, 0.717) is 0 Å². The maximum Gasteiger partial charge on any atom is 0.191 e. The third-order valence-corrected chi connectivity index (χ3v) is 2.53. The third kappa shape index (κ3) is 11.0. The molecule has 0 rings (SSSR count). The van der Waals surface area contributed by atoms with Crippen molar-refractivity contribution in [3.05, 3.63) is 0 Å². The highest BCUT2D eigenvalue weighted by molar-refractivity contribution is 14.0.